The highest BCUT2D eigenvalue weighted by Gasteiger charge is 2.27. The summed E-state index contributed by atoms with van der Waals surface area (Å²) in [6.45, 7) is 5.66. The first kappa shape index (κ1) is 25.4. The average molecular weight is 550 g/mol. The third-order valence-corrected chi connectivity index (χ3v) is 6.59. The van der Waals surface area contributed by atoms with E-state index < -0.39 is 0 Å². The number of morpholine rings is 1. The van der Waals surface area contributed by atoms with Crippen LogP contribution >= 0.6 is 35.3 Å². The molecule has 2 N–H and O–H groups in total. The summed E-state index contributed by atoms with van der Waals surface area (Å²) in [4.78, 5) is 22.0. The maximum absolute atomic E-state index is 12.0. The van der Waals surface area contributed by atoms with Crippen molar-refractivity contribution in [2.75, 3.05) is 46.9 Å². The molecule has 0 bridgehead atoms. The Hall–Kier alpha value is -0.910. The molecule has 2 fully saturated rings. The van der Waals surface area contributed by atoms with Gasteiger partial charge in [-0.15, -0.1) is 35.3 Å². The zero-order valence-corrected chi connectivity index (χ0v) is 21.4. The minimum atomic E-state index is 0. The van der Waals surface area contributed by atoms with Crippen molar-refractivity contribution in [1.82, 2.24) is 20.4 Å². The molecule has 9 heteroatoms. The lowest BCUT2D eigenvalue weighted by Gasteiger charge is -2.37. The molecule has 3 rings (SSSR count). The van der Waals surface area contributed by atoms with E-state index in [1.165, 1.54) is 17.7 Å². The summed E-state index contributed by atoms with van der Waals surface area (Å²) < 4.78 is 5.74. The first-order chi connectivity index (χ1) is 14.0. The van der Waals surface area contributed by atoms with Gasteiger partial charge in [0, 0.05) is 44.6 Å². The Morgan fingerprint density at radius 2 is 2.17 bits per heavy atom. The number of carbonyl (C=O) groups excluding carboxylic acids is 1. The van der Waals surface area contributed by atoms with Crippen molar-refractivity contribution in [1.29, 1.82) is 0 Å². The molecule has 1 amide bonds. The van der Waals surface area contributed by atoms with Crippen molar-refractivity contribution in [3.63, 3.8) is 0 Å². The van der Waals surface area contributed by atoms with Crippen LogP contribution in [0.5, 0.6) is 0 Å². The second-order valence-corrected chi connectivity index (χ2v) is 9.15. The van der Waals surface area contributed by atoms with Crippen LogP contribution in [-0.2, 0) is 9.53 Å². The number of nitrogens with zero attached hydrogens (tertiary/aromatic N) is 3. The molecule has 0 radical (unpaired) electrons. The van der Waals surface area contributed by atoms with Gasteiger partial charge >= 0.3 is 0 Å². The molecule has 30 heavy (non-hydrogen) atoms. The maximum atomic E-state index is 12.0. The summed E-state index contributed by atoms with van der Waals surface area (Å²) in [6.07, 6.45) is 5.08. The van der Waals surface area contributed by atoms with Crippen molar-refractivity contribution in [3.05, 3.63) is 22.4 Å². The number of ether oxygens (including phenoxy) is 1. The molecule has 1 saturated heterocycles. The van der Waals surface area contributed by atoms with Gasteiger partial charge in [0.2, 0.25) is 5.91 Å². The summed E-state index contributed by atoms with van der Waals surface area (Å²) >= 11 is 1.79. The fraction of sp³-hybridized carbons (Fsp3) is 0.714. The van der Waals surface area contributed by atoms with Gasteiger partial charge in [0.05, 0.1) is 18.8 Å². The molecule has 1 aromatic heterocycles. The molecule has 7 nitrogen and oxygen atoms in total. The number of thiophene rings is 1. The molecule has 170 valence electrons. The topological polar surface area (TPSA) is 69.2 Å². The zero-order valence-electron chi connectivity index (χ0n) is 18.3. The van der Waals surface area contributed by atoms with Crippen LogP contribution in [0.25, 0.3) is 0 Å². The molecule has 2 heterocycles. The van der Waals surface area contributed by atoms with Crippen LogP contribution in [0.3, 0.4) is 0 Å². The highest BCUT2D eigenvalue weighted by atomic mass is 127. The van der Waals surface area contributed by atoms with Gasteiger partial charge < -0.3 is 20.3 Å². The van der Waals surface area contributed by atoms with Gasteiger partial charge in [-0.3, -0.25) is 9.69 Å². The molecule has 0 spiro atoms. The number of hydrogen-bond acceptors (Lipinski definition) is 5. The third-order valence-electron chi connectivity index (χ3n) is 5.61. The number of aliphatic imine (C=N–C) groups is 1. The second-order valence-electron chi connectivity index (χ2n) is 8.17. The number of carbonyl (C=O) groups is 1. The van der Waals surface area contributed by atoms with Crippen molar-refractivity contribution < 1.29 is 9.53 Å². The number of rotatable bonds is 7. The van der Waals surface area contributed by atoms with E-state index in [1.54, 1.807) is 30.3 Å². The standard InChI is InChI=1S/C21H35N5O2S.HI/c1-16-15-26(10-11-28-16)18(19-9-6-12-29-19)13-22-21(23-14-20(27)25(2)3)24-17-7-4-5-8-17;/h6,9,12,16-18H,4-5,7-8,10-11,13-15H2,1-3H3,(H2,22,23,24);1H. The molecule has 2 unspecified atom stereocenters. The monoisotopic (exact) mass is 549 g/mol. The van der Waals surface area contributed by atoms with E-state index in [4.69, 9.17) is 4.74 Å². The summed E-state index contributed by atoms with van der Waals surface area (Å²) in [6, 6.07) is 5.02. The number of halogens is 1. The molecular weight excluding hydrogens is 513 g/mol. The van der Waals surface area contributed by atoms with Gasteiger partial charge in [0.25, 0.3) is 0 Å². The van der Waals surface area contributed by atoms with Crippen LogP contribution < -0.4 is 10.6 Å². The molecule has 1 saturated carbocycles. The minimum absolute atomic E-state index is 0. The van der Waals surface area contributed by atoms with Crippen molar-refractivity contribution in [2.45, 2.75) is 50.8 Å². The molecule has 2 aliphatic rings. The average Bonchev–Trinajstić information content (AvgIpc) is 3.40. The predicted molar refractivity (Wildman–Crippen MR) is 134 cm³/mol. The predicted octanol–water partition coefficient (Wildman–Crippen LogP) is 2.69. The first-order valence-corrected chi connectivity index (χ1v) is 11.5. The van der Waals surface area contributed by atoms with Gasteiger partial charge in [-0.1, -0.05) is 18.9 Å². The Labute approximate surface area is 201 Å². The van der Waals surface area contributed by atoms with Crippen LogP contribution in [0.1, 0.15) is 43.5 Å². The van der Waals surface area contributed by atoms with E-state index in [9.17, 15) is 4.79 Å². The van der Waals surface area contributed by atoms with Gasteiger partial charge in [-0.25, -0.2) is 4.99 Å². The van der Waals surface area contributed by atoms with Crippen LogP contribution in [0.15, 0.2) is 22.5 Å². The van der Waals surface area contributed by atoms with E-state index in [0.717, 1.165) is 45.0 Å². The third kappa shape index (κ3) is 7.65. The number of hydrogen-bond donors (Lipinski definition) is 2. The van der Waals surface area contributed by atoms with E-state index in [-0.39, 0.29) is 48.6 Å². The smallest absolute Gasteiger partial charge is 0.243 e. The van der Waals surface area contributed by atoms with Gasteiger partial charge in [0.15, 0.2) is 5.96 Å². The van der Waals surface area contributed by atoms with Crippen LogP contribution in [0.4, 0.5) is 0 Å². The van der Waals surface area contributed by atoms with E-state index in [0.29, 0.717) is 6.04 Å². The van der Waals surface area contributed by atoms with E-state index >= 15 is 0 Å². The van der Waals surface area contributed by atoms with Gasteiger partial charge in [-0.05, 0) is 31.2 Å². The second kappa shape index (κ2) is 12.8. The lowest BCUT2D eigenvalue weighted by molar-refractivity contribution is -0.127. The SMILES string of the molecule is CC1CN(C(CNC(=NCC(=O)N(C)C)NC2CCCC2)c2cccs2)CCO1.I. The Morgan fingerprint density at radius 3 is 2.80 bits per heavy atom. The molecule has 1 aliphatic heterocycles. The van der Waals surface area contributed by atoms with Crippen LogP contribution in [0, 0.1) is 0 Å². The Bertz CT molecular complexity index is 664. The summed E-state index contributed by atoms with van der Waals surface area (Å²) in [5, 5.41) is 9.22. The lowest BCUT2D eigenvalue weighted by Crippen LogP contribution is -2.49. The van der Waals surface area contributed by atoms with E-state index in [2.05, 4.69) is 45.0 Å². The van der Waals surface area contributed by atoms with Crippen LogP contribution in [-0.4, -0.2) is 80.7 Å². The Kier molecular flexibility index (Phi) is 10.8. The van der Waals surface area contributed by atoms with Gasteiger partial charge in [-0.2, -0.15) is 0 Å². The highest BCUT2D eigenvalue weighted by molar-refractivity contribution is 14.0. The Morgan fingerprint density at radius 1 is 1.40 bits per heavy atom. The summed E-state index contributed by atoms with van der Waals surface area (Å²) in [5.41, 5.74) is 0. The largest absolute Gasteiger partial charge is 0.376 e. The zero-order chi connectivity index (χ0) is 20.6. The number of nitrogens with one attached hydrogen (secondary N) is 2. The summed E-state index contributed by atoms with van der Waals surface area (Å²) in [5.74, 6) is 0.754. The molecule has 0 aromatic carbocycles. The van der Waals surface area contributed by atoms with Gasteiger partial charge in [0.1, 0.15) is 6.54 Å². The minimum Gasteiger partial charge on any atom is -0.376 e. The molecular formula is C21H36IN5O2S. The highest BCUT2D eigenvalue weighted by Crippen LogP contribution is 2.26. The maximum Gasteiger partial charge on any atom is 0.243 e. The Balaban J connectivity index is 0.00000320. The van der Waals surface area contributed by atoms with Crippen molar-refractivity contribution in [2.24, 2.45) is 4.99 Å². The quantitative estimate of drug-likeness (QED) is 0.311. The van der Waals surface area contributed by atoms with Crippen molar-refractivity contribution in [3.8, 4) is 0 Å². The molecule has 1 aromatic rings. The first-order valence-electron chi connectivity index (χ1n) is 10.7. The number of amides is 1. The van der Waals surface area contributed by atoms with E-state index in [1.807, 2.05) is 0 Å². The normalized spacial score (nSPS) is 21.7. The summed E-state index contributed by atoms with van der Waals surface area (Å²) in [7, 11) is 3.53. The molecule has 1 aliphatic carbocycles. The number of guanidine groups is 1. The lowest BCUT2D eigenvalue weighted by atomic mass is 10.1. The van der Waals surface area contributed by atoms with Crippen molar-refractivity contribution >= 4 is 47.2 Å². The fourth-order valence-corrected chi connectivity index (χ4v) is 4.78. The van der Waals surface area contributed by atoms with Crippen LogP contribution in [0.2, 0.25) is 0 Å². The number of likely N-dealkylation sites (N-methyl/N-ethyl adjacent to an activating group) is 1. The fourth-order valence-electron chi connectivity index (χ4n) is 3.92. The molecule has 2 atom stereocenters.